The van der Waals surface area contributed by atoms with Crippen LogP contribution in [0.4, 0.5) is 5.82 Å². The largest absolute Gasteiger partial charge is 0.394 e. The Labute approximate surface area is 110 Å². The van der Waals surface area contributed by atoms with E-state index in [4.69, 9.17) is 15.6 Å². The third-order valence-corrected chi connectivity index (χ3v) is 3.56. The molecule has 1 aliphatic heterocycles. The van der Waals surface area contributed by atoms with Gasteiger partial charge < -0.3 is 25.8 Å². The third-order valence-electron chi connectivity index (χ3n) is 2.70. The average Bonchev–Trinajstić information content (AvgIpc) is 2.52. The monoisotopic (exact) mass is 321 g/mol. The fraction of sp³-hybridized carbons (Fsp3) is 0.556. The fourth-order valence-electron chi connectivity index (χ4n) is 1.75. The van der Waals surface area contributed by atoms with Crippen molar-refractivity contribution < 1.29 is 20.1 Å². The van der Waals surface area contributed by atoms with E-state index in [0.29, 0.717) is 0 Å². The molecule has 9 heteroatoms. The summed E-state index contributed by atoms with van der Waals surface area (Å²) in [7, 11) is 0. The van der Waals surface area contributed by atoms with Gasteiger partial charge in [-0.05, 0) is 22.0 Å². The van der Waals surface area contributed by atoms with Crippen molar-refractivity contribution in [1.29, 1.82) is 0 Å². The Morgan fingerprint density at radius 1 is 1.67 bits per heavy atom. The van der Waals surface area contributed by atoms with Crippen LogP contribution in [0, 0.1) is 0 Å². The first-order valence-corrected chi connectivity index (χ1v) is 5.87. The van der Waals surface area contributed by atoms with E-state index in [-0.39, 0.29) is 5.82 Å². The Morgan fingerprint density at radius 2 is 2.33 bits per heavy atom. The average molecular weight is 322 g/mol. The third kappa shape index (κ3) is 2.04. The van der Waals surface area contributed by atoms with Crippen LogP contribution in [0.5, 0.6) is 0 Å². The molecule has 0 aliphatic carbocycles. The van der Waals surface area contributed by atoms with Gasteiger partial charge in [-0.2, -0.15) is 4.98 Å². The Hall–Kier alpha value is -1.00. The van der Waals surface area contributed by atoms with Crippen molar-refractivity contribution in [3.05, 3.63) is 22.7 Å². The number of nitrogens with zero attached hydrogens (tertiary/aromatic N) is 2. The molecular formula is C9H12BrN3O5. The summed E-state index contributed by atoms with van der Waals surface area (Å²) in [5.74, 6) is 0.0339. The summed E-state index contributed by atoms with van der Waals surface area (Å²) in [6.07, 6.45) is -2.33. The highest BCUT2D eigenvalue weighted by Gasteiger charge is 2.54. The van der Waals surface area contributed by atoms with Crippen LogP contribution in [0.15, 0.2) is 17.1 Å². The van der Waals surface area contributed by atoms with Crippen LogP contribution in [0.3, 0.4) is 0 Å². The quantitative estimate of drug-likeness (QED) is 0.471. The van der Waals surface area contributed by atoms with Gasteiger partial charge in [0.15, 0.2) is 10.7 Å². The van der Waals surface area contributed by atoms with Gasteiger partial charge in [0.2, 0.25) is 0 Å². The minimum Gasteiger partial charge on any atom is -0.394 e. The lowest BCUT2D eigenvalue weighted by molar-refractivity contribution is -0.0608. The van der Waals surface area contributed by atoms with E-state index in [0.717, 1.165) is 4.57 Å². The number of anilines is 1. The zero-order valence-electron chi connectivity index (χ0n) is 9.10. The highest BCUT2D eigenvalue weighted by Crippen LogP contribution is 2.41. The second-order valence-corrected chi connectivity index (χ2v) is 5.19. The minimum absolute atomic E-state index is 0.0339. The number of aromatic nitrogens is 2. The highest BCUT2D eigenvalue weighted by atomic mass is 79.9. The maximum Gasteiger partial charge on any atom is 0.351 e. The zero-order chi connectivity index (χ0) is 13.5. The fourth-order valence-corrected chi connectivity index (χ4v) is 2.37. The Balaban J connectivity index is 2.42. The molecule has 0 spiro atoms. The van der Waals surface area contributed by atoms with Crippen molar-refractivity contribution in [3.8, 4) is 0 Å². The molecule has 0 bridgehead atoms. The lowest BCUT2D eigenvalue weighted by atomic mass is 10.1. The van der Waals surface area contributed by atoms with Crippen LogP contribution in [0.1, 0.15) is 6.23 Å². The highest BCUT2D eigenvalue weighted by molar-refractivity contribution is 9.10. The van der Waals surface area contributed by atoms with Gasteiger partial charge in [-0.25, -0.2) is 4.79 Å². The standard InChI is InChI=1S/C9H12BrN3O5/c10-9(17)6(15)4(3-14)18-7(9)13-2-1-5(11)12-8(13)16/h1-2,4,6-7,14-15,17H,3H2,(H2,11,12,16)/t4-,6-,7-,9-/m1/s1. The molecule has 0 unspecified atom stereocenters. The molecule has 5 N–H and O–H groups in total. The molecule has 1 aromatic rings. The molecular weight excluding hydrogens is 310 g/mol. The van der Waals surface area contributed by atoms with E-state index in [1.807, 2.05) is 0 Å². The van der Waals surface area contributed by atoms with Crippen molar-refractivity contribution in [2.24, 2.45) is 0 Å². The summed E-state index contributed by atoms with van der Waals surface area (Å²) in [5.41, 5.74) is 4.61. The molecule has 2 heterocycles. The SMILES string of the molecule is Nc1ccn([C@@H]2O[C@H](CO)[C@@H](O)[C@]2(O)Br)c(=O)n1. The summed E-state index contributed by atoms with van der Waals surface area (Å²) >= 11 is 2.90. The molecule has 100 valence electrons. The van der Waals surface area contributed by atoms with Gasteiger partial charge in [-0.3, -0.25) is 4.57 Å². The minimum atomic E-state index is -1.90. The maximum absolute atomic E-state index is 11.6. The number of rotatable bonds is 2. The first kappa shape index (κ1) is 13.4. The number of ether oxygens (including phenoxy) is 1. The van der Waals surface area contributed by atoms with E-state index in [1.54, 1.807) is 0 Å². The van der Waals surface area contributed by atoms with Gasteiger partial charge in [0.05, 0.1) is 6.61 Å². The number of nitrogens with two attached hydrogens (primary N) is 1. The number of nitrogen functional groups attached to an aromatic ring is 1. The molecule has 0 amide bonds. The van der Waals surface area contributed by atoms with Crippen molar-refractivity contribution >= 4 is 21.7 Å². The Bertz CT molecular complexity index is 505. The van der Waals surface area contributed by atoms with Gasteiger partial charge in [-0.15, -0.1) is 0 Å². The Kier molecular flexibility index (Phi) is 3.43. The van der Waals surface area contributed by atoms with Crippen molar-refractivity contribution in [1.82, 2.24) is 9.55 Å². The van der Waals surface area contributed by atoms with E-state index in [1.165, 1.54) is 12.3 Å². The summed E-state index contributed by atoms with van der Waals surface area (Å²) in [5, 5.41) is 28.8. The van der Waals surface area contributed by atoms with Gasteiger partial charge in [0, 0.05) is 6.20 Å². The molecule has 2 rings (SSSR count). The first-order valence-electron chi connectivity index (χ1n) is 5.08. The topological polar surface area (TPSA) is 131 Å². The predicted molar refractivity (Wildman–Crippen MR) is 63.8 cm³/mol. The second-order valence-electron chi connectivity index (χ2n) is 3.92. The van der Waals surface area contributed by atoms with Crippen molar-refractivity contribution in [2.75, 3.05) is 12.3 Å². The van der Waals surface area contributed by atoms with Crippen LogP contribution in [0.2, 0.25) is 0 Å². The number of halogens is 1. The molecule has 0 aromatic carbocycles. The lowest BCUT2D eigenvalue weighted by Crippen LogP contribution is -2.43. The summed E-state index contributed by atoms with van der Waals surface area (Å²) < 4.78 is 4.31. The second kappa shape index (κ2) is 4.59. The lowest BCUT2D eigenvalue weighted by Gasteiger charge is -2.25. The number of hydrogen-bond donors (Lipinski definition) is 4. The van der Waals surface area contributed by atoms with E-state index >= 15 is 0 Å². The zero-order valence-corrected chi connectivity index (χ0v) is 10.7. The molecule has 1 aromatic heterocycles. The number of aliphatic hydroxyl groups excluding tert-OH is 2. The predicted octanol–water partition coefficient (Wildman–Crippen LogP) is -1.84. The molecule has 1 saturated heterocycles. The molecule has 4 atom stereocenters. The normalized spacial score (nSPS) is 35.9. The summed E-state index contributed by atoms with van der Waals surface area (Å²) in [6, 6.07) is 1.35. The van der Waals surface area contributed by atoms with Crippen LogP contribution in [0.25, 0.3) is 0 Å². The molecule has 1 fully saturated rings. The maximum atomic E-state index is 11.6. The number of hydrogen-bond acceptors (Lipinski definition) is 7. The van der Waals surface area contributed by atoms with E-state index in [2.05, 4.69) is 20.9 Å². The smallest absolute Gasteiger partial charge is 0.351 e. The number of alkyl halides is 1. The van der Waals surface area contributed by atoms with Gasteiger partial charge >= 0.3 is 5.69 Å². The van der Waals surface area contributed by atoms with Crippen molar-refractivity contribution in [2.45, 2.75) is 22.9 Å². The van der Waals surface area contributed by atoms with Crippen molar-refractivity contribution in [3.63, 3.8) is 0 Å². The van der Waals surface area contributed by atoms with Crippen LogP contribution in [-0.2, 0) is 4.74 Å². The molecule has 18 heavy (non-hydrogen) atoms. The molecule has 1 aliphatic rings. The molecule has 0 saturated carbocycles. The van der Waals surface area contributed by atoms with Gasteiger partial charge in [0.1, 0.15) is 18.0 Å². The number of aliphatic hydroxyl groups is 3. The molecule has 8 nitrogen and oxygen atoms in total. The summed E-state index contributed by atoms with van der Waals surface area (Å²) in [4.78, 5) is 15.1. The van der Waals surface area contributed by atoms with E-state index in [9.17, 15) is 15.0 Å². The van der Waals surface area contributed by atoms with Crippen LogP contribution < -0.4 is 11.4 Å². The van der Waals surface area contributed by atoms with Gasteiger partial charge in [-0.1, -0.05) is 0 Å². The van der Waals surface area contributed by atoms with E-state index < -0.39 is 35.2 Å². The van der Waals surface area contributed by atoms with Crippen LogP contribution >= 0.6 is 15.9 Å². The first-order chi connectivity index (χ1) is 8.37. The summed E-state index contributed by atoms with van der Waals surface area (Å²) in [6.45, 7) is -0.497. The van der Waals surface area contributed by atoms with Gasteiger partial charge in [0.25, 0.3) is 0 Å². The molecule has 0 radical (unpaired) electrons. The Morgan fingerprint density at radius 3 is 2.83 bits per heavy atom. The van der Waals surface area contributed by atoms with Crippen LogP contribution in [-0.4, -0.2) is 48.2 Å².